The zero-order valence-electron chi connectivity index (χ0n) is 10.9. The molecule has 0 aliphatic heterocycles. The Morgan fingerprint density at radius 1 is 1.24 bits per heavy atom. The lowest BCUT2D eigenvalue weighted by Gasteiger charge is -2.12. The third kappa shape index (κ3) is 3.56. The summed E-state index contributed by atoms with van der Waals surface area (Å²) in [5.41, 5.74) is 1.10. The second-order valence-electron chi connectivity index (χ2n) is 4.32. The molecule has 21 heavy (non-hydrogen) atoms. The predicted molar refractivity (Wildman–Crippen MR) is 85.9 cm³/mol. The molecule has 2 rings (SSSR count). The average Bonchev–Trinajstić information content (AvgIpc) is 2.43. The molecule has 2 aromatic rings. The molecule has 0 atom stereocenters. The van der Waals surface area contributed by atoms with Crippen LogP contribution in [-0.4, -0.2) is 8.42 Å². The van der Waals surface area contributed by atoms with E-state index in [0.717, 1.165) is 0 Å². The monoisotopic (exact) mass is 384 g/mol. The van der Waals surface area contributed by atoms with Gasteiger partial charge in [0.1, 0.15) is 0 Å². The molecule has 0 radical (unpaired) electrons. The van der Waals surface area contributed by atoms with Crippen molar-refractivity contribution >= 4 is 43.2 Å². The van der Waals surface area contributed by atoms with Crippen LogP contribution < -0.4 is 4.72 Å². The maximum Gasteiger partial charge on any atom is 0.262 e. The van der Waals surface area contributed by atoms with Crippen LogP contribution in [0.3, 0.4) is 0 Å². The molecule has 0 aromatic heterocycles. The van der Waals surface area contributed by atoms with Gasteiger partial charge in [0.15, 0.2) is 0 Å². The first-order valence-corrected chi connectivity index (χ1v) is 8.47. The highest BCUT2D eigenvalue weighted by Crippen LogP contribution is 2.28. The Labute approximate surface area is 136 Å². The van der Waals surface area contributed by atoms with Gasteiger partial charge in [-0.1, -0.05) is 33.6 Å². The minimum Gasteiger partial charge on any atom is -0.278 e. The summed E-state index contributed by atoms with van der Waals surface area (Å²) >= 11 is 9.25. The SMILES string of the molecule is Cc1ccc(C#N)cc1S(=O)(=O)Nc1cc(Br)ccc1Cl. The first-order valence-electron chi connectivity index (χ1n) is 5.82. The molecule has 0 fully saturated rings. The van der Waals surface area contributed by atoms with Gasteiger partial charge in [-0.05, 0) is 42.8 Å². The highest BCUT2D eigenvalue weighted by atomic mass is 79.9. The number of aryl methyl sites for hydroxylation is 1. The van der Waals surface area contributed by atoms with E-state index in [1.165, 1.54) is 6.07 Å². The maximum absolute atomic E-state index is 12.5. The molecule has 4 nitrogen and oxygen atoms in total. The first-order chi connectivity index (χ1) is 9.83. The fraction of sp³-hybridized carbons (Fsp3) is 0.0714. The van der Waals surface area contributed by atoms with Crippen molar-refractivity contribution in [3.05, 3.63) is 57.0 Å². The van der Waals surface area contributed by atoms with E-state index in [4.69, 9.17) is 16.9 Å². The Morgan fingerprint density at radius 2 is 1.95 bits per heavy atom. The third-order valence-electron chi connectivity index (χ3n) is 2.78. The third-order valence-corrected chi connectivity index (χ3v) is 5.11. The van der Waals surface area contributed by atoms with E-state index in [1.807, 2.05) is 6.07 Å². The van der Waals surface area contributed by atoms with Crippen molar-refractivity contribution in [1.82, 2.24) is 0 Å². The summed E-state index contributed by atoms with van der Waals surface area (Å²) in [5, 5.41) is 9.18. The minimum absolute atomic E-state index is 0.0533. The molecule has 0 saturated carbocycles. The first kappa shape index (κ1) is 15.8. The van der Waals surface area contributed by atoms with Gasteiger partial charge in [-0.3, -0.25) is 4.72 Å². The zero-order chi connectivity index (χ0) is 15.6. The number of nitriles is 1. The molecule has 7 heteroatoms. The average molecular weight is 386 g/mol. The highest BCUT2D eigenvalue weighted by molar-refractivity contribution is 9.10. The van der Waals surface area contributed by atoms with Gasteiger partial charge < -0.3 is 0 Å². The summed E-state index contributed by atoms with van der Waals surface area (Å²) in [6, 6.07) is 11.3. The van der Waals surface area contributed by atoms with Crippen LogP contribution in [0.2, 0.25) is 5.02 Å². The van der Waals surface area contributed by atoms with Crippen LogP contribution in [0.25, 0.3) is 0 Å². The smallest absolute Gasteiger partial charge is 0.262 e. The fourth-order valence-corrected chi connectivity index (χ4v) is 3.66. The van der Waals surface area contributed by atoms with Gasteiger partial charge in [-0.2, -0.15) is 5.26 Å². The molecule has 0 saturated heterocycles. The highest BCUT2D eigenvalue weighted by Gasteiger charge is 2.19. The van der Waals surface area contributed by atoms with Crippen molar-refractivity contribution in [3.63, 3.8) is 0 Å². The number of nitrogens with zero attached hydrogens (tertiary/aromatic N) is 1. The Balaban J connectivity index is 2.48. The van der Waals surface area contributed by atoms with Crippen LogP contribution in [0.5, 0.6) is 0 Å². The standard InChI is InChI=1S/C14H10BrClN2O2S/c1-9-2-3-10(8-17)6-14(9)21(19,20)18-13-7-11(15)4-5-12(13)16/h2-7,18H,1H3. The summed E-state index contributed by atoms with van der Waals surface area (Å²) < 4.78 is 28.1. The summed E-state index contributed by atoms with van der Waals surface area (Å²) in [5.74, 6) is 0. The van der Waals surface area contributed by atoms with Crippen LogP contribution in [-0.2, 0) is 10.0 Å². The Morgan fingerprint density at radius 3 is 2.62 bits per heavy atom. The molecule has 0 unspecified atom stereocenters. The normalized spacial score (nSPS) is 11.0. The summed E-state index contributed by atoms with van der Waals surface area (Å²) in [4.78, 5) is 0.0533. The summed E-state index contributed by atoms with van der Waals surface area (Å²) in [6.45, 7) is 1.66. The van der Waals surface area contributed by atoms with Crippen molar-refractivity contribution in [1.29, 1.82) is 5.26 Å². The van der Waals surface area contributed by atoms with Crippen LogP contribution in [0.15, 0.2) is 45.8 Å². The van der Waals surface area contributed by atoms with E-state index >= 15 is 0 Å². The van der Waals surface area contributed by atoms with Crippen LogP contribution in [0.1, 0.15) is 11.1 Å². The van der Waals surface area contributed by atoms with Crippen molar-refractivity contribution in [3.8, 4) is 6.07 Å². The summed E-state index contributed by atoms with van der Waals surface area (Å²) in [7, 11) is -3.82. The minimum atomic E-state index is -3.82. The lowest BCUT2D eigenvalue weighted by Crippen LogP contribution is -2.14. The van der Waals surface area contributed by atoms with Crippen molar-refractivity contribution in [2.24, 2.45) is 0 Å². The molecule has 0 amide bonds. The number of nitrogens with one attached hydrogen (secondary N) is 1. The van der Waals surface area contributed by atoms with Gasteiger partial charge in [0, 0.05) is 4.47 Å². The van der Waals surface area contributed by atoms with E-state index in [-0.39, 0.29) is 21.2 Å². The summed E-state index contributed by atoms with van der Waals surface area (Å²) in [6.07, 6.45) is 0. The van der Waals surface area contributed by atoms with Gasteiger partial charge in [0.05, 0.1) is 27.2 Å². The van der Waals surface area contributed by atoms with Crippen molar-refractivity contribution < 1.29 is 8.42 Å². The molecule has 0 aliphatic rings. The molecule has 108 valence electrons. The van der Waals surface area contributed by atoms with E-state index in [9.17, 15) is 8.42 Å². The Kier molecular flexibility index (Phi) is 4.57. The number of halogens is 2. The Bertz CT molecular complexity index is 845. The van der Waals surface area contributed by atoms with Gasteiger partial charge in [-0.25, -0.2) is 8.42 Å². The number of rotatable bonds is 3. The topological polar surface area (TPSA) is 70.0 Å². The lowest BCUT2D eigenvalue weighted by atomic mass is 10.2. The maximum atomic E-state index is 12.5. The van der Waals surface area contributed by atoms with Crippen LogP contribution in [0.4, 0.5) is 5.69 Å². The largest absolute Gasteiger partial charge is 0.278 e. The van der Waals surface area contributed by atoms with E-state index in [2.05, 4.69) is 20.7 Å². The van der Waals surface area contributed by atoms with Crippen molar-refractivity contribution in [2.45, 2.75) is 11.8 Å². The van der Waals surface area contributed by atoms with Gasteiger partial charge >= 0.3 is 0 Å². The zero-order valence-corrected chi connectivity index (χ0v) is 14.1. The van der Waals surface area contributed by atoms with Crippen LogP contribution in [0, 0.1) is 18.3 Å². The lowest BCUT2D eigenvalue weighted by molar-refractivity contribution is 0.600. The van der Waals surface area contributed by atoms with Crippen LogP contribution >= 0.6 is 27.5 Å². The molecular weight excluding hydrogens is 376 g/mol. The predicted octanol–water partition coefficient (Wildman–Crippen LogP) is 4.08. The molecule has 0 bridgehead atoms. The van der Waals surface area contributed by atoms with Gasteiger partial charge in [0.25, 0.3) is 10.0 Å². The second-order valence-corrected chi connectivity index (χ2v) is 7.30. The fourth-order valence-electron chi connectivity index (χ4n) is 1.73. The quantitative estimate of drug-likeness (QED) is 0.865. The number of hydrogen-bond acceptors (Lipinski definition) is 3. The van der Waals surface area contributed by atoms with Gasteiger partial charge in [-0.15, -0.1) is 0 Å². The van der Waals surface area contributed by atoms with Gasteiger partial charge in [0.2, 0.25) is 0 Å². The van der Waals surface area contributed by atoms with E-state index in [0.29, 0.717) is 10.0 Å². The molecule has 0 spiro atoms. The molecular formula is C14H10BrClN2O2S. The molecule has 2 aromatic carbocycles. The number of benzene rings is 2. The number of sulfonamides is 1. The second kappa shape index (κ2) is 6.06. The molecule has 0 heterocycles. The number of hydrogen-bond donors (Lipinski definition) is 1. The van der Waals surface area contributed by atoms with Crippen molar-refractivity contribution in [2.75, 3.05) is 4.72 Å². The number of anilines is 1. The molecule has 1 N–H and O–H groups in total. The molecule has 0 aliphatic carbocycles. The van der Waals surface area contributed by atoms with E-state index in [1.54, 1.807) is 37.3 Å². The Hall–Kier alpha value is -1.55. The van der Waals surface area contributed by atoms with E-state index < -0.39 is 10.0 Å².